The molecule has 3 N–H and O–H groups in total. The molecule has 5 nitrogen and oxygen atoms in total. The lowest BCUT2D eigenvalue weighted by Crippen LogP contribution is -2.29. The minimum absolute atomic E-state index is 0.0704. The summed E-state index contributed by atoms with van der Waals surface area (Å²) in [6.07, 6.45) is 2.21. The van der Waals surface area contributed by atoms with Crippen LogP contribution in [0.2, 0.25) is 0 Å². The summed E-state index contributed by atoms with van der Waals surface area (Å²) < 4.78 is 0. The van der Waals surface area contributed by atoms with Gasteiger partial charge >= 0.3 is 0 Å². The van der Waals surface area contributed by atoms with Crippen LogP contribution in [0.15, 0.2) is 30.3 Å². The highest BCUT2D eigenvalue weighted by Crippen LogP contribution is 2.25. The lowest BCUT2D eigenvalue weighted by molar-refractivity contribution is 0.0789. The van der Waals surface area contributed by atoms with E-state index in [1.54, 1.807) is 6.07 Å². The molecule has 0 bridgehead atoms. The van der Waals surface area contributed by atoms with Crippen molar-refractivity contribution in [2.24, 2.45) is 11.8 Å². The molecule has 0 spiro atoms. The van der Waals surface area contributed by atoms with Gasteiger partial charge in [-0.1, -0.05) is 31.5 Å². The van der Waals surface area contributed by atoms with Crippen LogP contribution in [0.25, 0.3) is 10.9 Å². The molecule has 1 fully saturated rings. The van der Waals surface area contributed by atoms with Crippen LogP contribution in [0.4, 0.5) is 5.82 Å². The van der Waals surface area contributed by atoms with Crippen LogP contribution in [0.3, 0.4) is 0 Å². The Kier molecular flexibility index (Phi) is 3.75. The van der Waals surface area contributed by atoms with Crippen LogP contribution in [0, 0.1) is 5.92 Å². The van der Waals surface area contributed by atoms with Gasteiger partial charge in [-0.25, -0.2) is 10.8 Å². The molecule has 1 saturated heterocycles. The molecule has 1 atom stereocenters. The number of benzene rings is 1. The third-order valence-electron chi connectivity index (χ3n) is 4.24. The first-order chi connectivity index (χ1) is 10.2. The summed E-state index contributed by atoms with van der Waals surface area (Å²) >= 11 is 0. The van der Waals surface area contributed by atoms with Crippen molar-refractivity contribution in [1.29, 1.82) is 0 Å². The highest BCUT2D eigenvalue weighted by molar-refractivity contribution is 6.07. The van der Waals surface area contributed by atoms with Gasteiger partial charge < -0.3 is 10.3 Å². The number of nitrogen functional groups attached to an aromatic ring is 1. The summed E-state index contributed by atoms with van der Waals surface area (Å²) in [7, 11) is 0. The fourth-order valence-corrected chi connectivity index (χ4v) is 2.95. The quantitative estimate of drug-likeness (QED) is 0.670. The van der Waals surface area contributed by atoms with Gasteiger partial charge in [-0.05, 0) is 24.5 Å². The molecule has 1 aromatic carbocycles. The van der Waals surface area contributed by atoms with E-state index in [9.17, 15) is 4.79 Å². The van der Waals surface area contributed by atoms with E-state index in [-0.39, 0.29) is 5.91 Å². The van der Waals surface area contributed by atoms with Gasteiger partial charge in [0, 0.05) is 18.5 Å². The van der Waals surface area contributed by atoms with Gasteiger partial charge in [0.25, 0.3) is 5.91 Å². The highest BCUT2D eigenvalue weighted by atomic mass is 16.2. The van der Waals surface area contributed by atoms with Crippen molar-refractivity contribution in [3.8, 4) is 0 Å². The number of para-hydroxylation sites is 1. The number of pyridine rings is 1. The number of anilines is 1. The van der Waals surface area contributed by atoms with Gasteiger partial charge in [0.2, 0.25) is 0 Å². The zero-order chi connectivity index (χ0) is 14.8. The number of nitrogens with two attached hydrogens (primary N) is 1. The van der Waals surface area contributed by atoms with Gasteiger partial charge in [-0.3, -0.25) is 4.79 Å². The second kappa shape index (κ2) is 5.69. The van der Waals surface area contributed by atoms with E-state index < -0.39 is 0 Å². The van der Waals surface area contributed by atoms with Crippen molar-refractivity contribution in [2.75, 3.05) is 18.5 Å². The van der Waals surface area contributed by atoms with Gasteiger partial charge in [0.15, 0.2) is 0 Å². The Labute approximate surface area is 124 Å². The number of carbonyl (C=O) groups is 1. The minimum Gasteiger partial charge on any atom is -0.338 e. The maximum atomic E-state index is 12.8. The lowest BCUT2D eigenvalue weighted by atomic mass is 10.1. The summed E-state index contributed by atoms with van der Waals surface area (Å²) in [6, 6.07) is 9.40. The maximum absolute atomic E-state index is 12.8. The number of likely N-dealkylation sites (tertiary alicyclic amines) is 1. The molecule has 2 heterocycles. The zero-order valence-corrected chi connectivity index (χ0v) is 12.2. The Morgan fingerprint density at radius 2 is 2.29 bits per heavy atom. The Hall–Kier alpha value is -2.14. The number of hydrogen-bond donors (Lipinski definition) is 2. The fraction of sp³-hybridized carbons (Fsp3) is 0.375. The van der Waals surface area contributed by atoms with E-state index in [1.807, 2.05) is 29.2 Å². The summed E-state index contributed by atoms with van der Waals surface area (Å²) in [5.74, 6) is 6.68. The lowest BCUT2D eigenvalue weighted by Gasteiger charge is -2.18. The van der Waals surface area contributed by atoms with Crippen LogP contribution >= 0.6 is 0 Å². The molecule has 1 amide bonds. The molecule has 1 aliphatic rings. The molecule has 5 heteroatoms. The van der Waals surface area contributed by atoms with Crippen molar-refractivity contribution < 1.29 is 4.79 Å². The molecule has 3 rings (SSSR count). The van der Waals surface area contributed by atoms with E-state index in [4.69, 9.17) is 5.84 Å². The Bertz CT molecular complexity index is 670. The van der Waals surface area contributed by atoms with E-state index in [1.165, 1.54) is 0 Å². The van der Waals surface area contributed by atoms with Crippen LogP contribution < -0.4 is 11.3 Å². The summed E-state index contributed by atoms with van der Waals surface area (Å²) in [5, 5.41) is 0.876. The molecule has 0 aliphatic carbocycles. The van der Waals surface area contributed by atoms with Crippen molar-refractivity contribution in [2.45, 2.75) is 19.8 Å². The first-order valence-electron chi connectivity index (χ1n) is 7.38. The predicted octanol–water partition coefficient (Wildman–Crippen LogP) is 2.39. The first kappa shape index (κ1) is 13.8. The van der Waals surface area contributed by atoms with Gasteiger partial charge in [0.1, 0.15) is 5.82 Å². The molecule has 110 valence electrons. The van der Waals surface area contributed by atoms with Crippen LogP contribution in [0.5, 0.6) is 0 Å². The van der Waals surface area contributed by atoms with Crippen molar-refractivity contribution in [1.82, 2.24) is 9.88 Å². The normalized spacial score (nSPS) is 18.2. The summed E-state index contributed by atoms with van der Waals surface area (Å²) in [5.41, 5.74) is 3.99. The molecule has 1 aromatic heterocycles. The van der Waals surface area contributed by atoms with E-state index in [2.05, 4.69) is 17.3 Å². The summed E-state index contributed by atoms with van der Waals surface area (Å²) in [4.78, 5) is 19.1. The highest BCUT2D eigenvalue weighted by Gasteiger charge is 2.27. The number of rotatable bonds is 3. The molecule has 2 aromatic rings. The third-order valence-corrected chi connectivity index (χ3v) is 4.24. The van der Waals surface area contributed by atoms with Gasteiger partial charge in [0.05, 0.1) is 11.1 Å². The largest absolute Gasteiger partial charge is 0.338 e. The smallest absolute Gasteiger partial charge is 0.254 e. The topological polar surface area (TPSA) is 71.2 Å². The zero-order valence-electron chi connectivity index (χ0n) is 12.2. The first-order valence-corrected chi connectivity index (χ1v) is 7.38. The molecule has 21 heavy (non-hydrogen) atoms. The van der Waals surface area contributed by atoms with Crippen LogP contribution in [0.1, 0.15) is 30.1 Å². The number of nitrogens with zero attached hydrogens (tertiary/aromatic N) is 2. The van der Waals surface area contributed by atoms with Crippen molar-refractivity contribution in [3.63, 3.8) is 0 Å². The predicted molar refractivity (Wildman–Crippen MR) is 83.9 cm³/mol. The fourth-order valence-electron chi connectivity index (χ4n) is 2.95. The number of carbonyl (C=O) groups excluding carboxylic acids is 1. The SMILES string of the molecule is CCC1CCN(C(=O)c2cc(NN)nc3ccccc23)C1. The third kappa shape index (κ3) is 2.56. The number of aromatic nitrogens is 1. The second-order valence-electron chi connectivity index (χ2n) is 5.53. The van der Waals surface area contributed by atoms with E-state index >= 15 is 0 Å². The molecule has 0 saturated carbocycles. The Morgan fingerprint density at radius 1 is 1.48 bits per heavy atom. The molecule has 1 aliphatic heterocycles. The summed E-state index contributed by atoms with van der Waals surface area (Å²) in [6.45, 7) is 3.85. The van der Waals surface area contributed by atoms with Gasteiger partial charge in [-0.15, -0.1) is 0 Å². The minimum atomic E-state index is 0.0704. The average molecular weight is 284 g/mol. The number of hydrazine groups is 1. The van der Waals surface area contributed by atoms with Crippen molar-refractivity contribution in [3.05, 3.63) is 35.9 Å². The van der Waals surface area contributed by atoms with Crippen LogP contribution in [-0.2, 0) is 0 Å². The second-order valence-corrected chi connectivity index (χ2v) is 5.53. The molecule has 1 unspecified atom stereocenters. The molecular weight excluding hydrogens is 264 g/mol. The Balaban J connectivity index is 2.01. The molecule has 0 radical (unpaired) electrons. The Morgan fingerprint density at radius 3 is 3.00 bits per heavy atom. The monoisotopic (exact) mass is 284 g/mol. The molecular formula is C16H20N4O. The van der Waals surface area contributed by atoms with Crippen molar-refractivity contribution >= 4 is 22.6 Å². The number of fused-ring (bicyclic) bond motifs is 1. The maximum Gasteiger partial charge on any atom is 0.254 e. The standard InChI is InChI=1S/C16H20N4O/c1-2-11-7-8-20(10-11)16(21)13-9-15(19-17)18-14-6-4-3-5-12(13)14/h3-6,9,11H,2,7-8,10,17H2,1H3,(H,18,19). The van der Waals surface area contributed by atoms with Gasteiger partial charge in [-0.2, -0.15) is 0 Å². The number of amides is 1. The number of hydrogen-bond acceptors (Lipinski definition) is 4. The number of nitrogens with one attached hydrogen (secondary N) is 1. The van der Waals surface area contributed by atoms with E-state index in [0.29, 0.717) is 17.3 Å². The van der Waals surface area contributed by atoms with Crippen LogP contribution in [-0.4, -0.2) is 28.9 Å². The van der Waals surface area contributed by atoms with E-state index in [0.717, 1.165) is 36.8 Å². The average Bonchev–Trinajstić information content (AvgIpc) is 3.02.